The molecule has 166 valence electrons. The molecule has 1 aromatic carbocycles. The summed E-state index contributed by atoms with van der Waals surface area (Å²) in [5.74, 6) is -0.0667. The van der Waals surface area contributed by atoms with Crippen LogP contribution in [0.3, 0.4) is 0 Å². The molecule has 0 spiro atoms. The number of nitrogens with one attached hydrogen (secondary N) is 2. The minimum atomic E-state index is -0.500. The second-order valence-corrected chi connectivity index (χ2v) is 10.6. The summed E-state index contributed by atoms with van der Waals surface area (Å²) in [6.45, 7) is 6.71. The van der Waals surface area contributed by atoms with Crippen molar-refractivity contribution in [1.82, 2.24) is 5.32 Å². The summed E-state index contributed by atoms with van der Waals surface area (Å²) in [7, 11) is 1.47. The molecule has 6 nitrogen and oxygen atoms in total. The van der Waals surface area contributed by atoms with E-state index in [1.54, 1.807) is 12.1 Å². The molecular weight excluding hydrogens is 454 g/mol. The molecule has 1 aromatic heterocycles. The normalized spacial score (nSPS) is 15.7. The third kappa shape index (κ3) is 5.19. The second-order valence-electron chi connectivity index (χ2n) is 8.63. The summed E-state index contributed by atoms with van der Waals surface area (Å²) < 4.78 is 5.22. The van der Waals surface area contributed by atoms with Gasteiger partial charge in [0.2, 0.25) is 0 Å². The number of carbonyl (C=O) groups is 2. The molecule has 0 unspecified atom stereocenters. The van der Waals surface area contributed by atoms with E-state index in [4.69, 9.17) is 34.3 Å². The zero-order valence-electron chi connectivity index (χ0n) is 17.9. The average molecular weight is 480 g/mol. The summed E-state index contributed by atoms with van der Waals surface area (Å²) >= 11 is 12.8. The topological polar surface area (TPSA) is 93.4 Å². The van der Waals surface area contributed by atoms with Crippen LogP contribution in [0.25, 0.3) is 0 Å². The molecular formula is C22H26ClN3O3S2. The molecule has 9 heteroatoms. The maximum absolute atomic E-state index is 12.7. The van der Waals surface area contributed by atoms with Gasteiger partial charge >= 0.3 is 0 Å². The lowest BCUT2D eigenvalue weighted by Crippen LogP contribution is -2.34. The van der Waals surface area contributed by atoms with E-state index >= 15 is 0 Å². The van der Waals surface area contributed by atoms with Crippen LogP contribution in [0.15, 0.2) is 18.2 Å². The Morgan fingerprint density at radius 2 is 2.03 bits per heavy atom. The molecule has 0 radical (unpaired) electrons. The number of halogens is 1. The zero-order chi connectivity index (χ0) is 22.9. The van der Waals surface area contributed by atoms with Gasteiger partial charge in [-0.05, 0) is 66.6 Å². The number of benzene rings is 1. The number of thiocarbonyl (C=S) groups is 1. The molecule has 2 amide bonds. The minimum absolute atomic E-state index is 0.0699. The maximum Gasteiger partial charge on any atom is 0.261 e. The van der Waals surface area contributed by atoms with Gasteiger partial charge in [0.1, 0.15) is 10.8 Å². The molecule has 0 aliphatic heterocycles. The average Bonchev–Trinajstić information content (AvgIpc) is 3.04. The lowest BCUT2D eigenvalue weighted by Gasteiger charge is -2.33. The van der Waals surface area contributed by atoms with Crippen LogP contribution in [-0.4, -0.2) is 24.0 Å². The predicted octanol–water partition coefficient (Wildman–Crippen LogP) is 4.79. The molecule has 2 aromatic rings. The Bertz CT molecular complexity index is 1040. The molecule has 1 heterocycles. The first-order valence-electron chi connectivity index (χ1n) is 9.91. The Labute approximate surface area is 196 Å². The Morgan fingerprint density at radius 3 is 2.65 bits per heavy atom. The van der Waals surface area contributed by atoms with E-state index in [-0.39, 0.29) is 16.1 Å². The van der Waals surface area contributed by atoms with Crippen LogP contribution in [0.2, 0.25) is 5.02 Å². The zero-order valence-corrected chi connectivity index (χ0v) is 20.3. The van der Waals surface area contributed by atoms with Crippen molar-refractivity contribution in [3.63, 3.8) is 0 Å². The maximum atomic E-state index is 12.7. The summed E-state index contributed by atoms with van der Waals surface area (Å²) in [4.78, 5) is 26.0. The van der Waals surface area contributed by atoms with Gasteiger partial charge < -0.3 is 15.8 Å². The Balaban J connectivity index is 1.81. The van der Waals surface area contributed by atoms with E-state index in [1.165, 1.54) is 24.5 Å². The monoisotopic (exact) mass is 479 g/mol. The molecule has 31 heavy (non-hydrogen) atoms. The van der Waals surface area contributed by atoms with Crippen LogP contribution >= 0.6 is 35.2 Å². The number of carbonyl (C=O) groups excluding carboxylic acids is 2. The number of nitrogens with two attached hydrogens (primary N) is 1. The molecule has 3 rings (SSSR count). The number of ether oxygens (including phenoxy) is 1. The number of amides is 2. The largest absolute Gasteiger partial charge is 0.496 e. The van der Waals surface area contributed by atoms with E-state index < -0.39 is 11.8 Å². The second kappa shape index (κ2) is 9.14. The van der Waals surface area contributed by atoms with Crippen LogP contribution in [0, 0.1) is 11.3 Å². The molecule has 0 saturated heterocycles. The predicted molar refractivity (Wildman–Crippen MR) is 129 cm³/mol. The fraction of sp³-hybridized carbons (Fsp3) is 0.409. The number of primary amides is 1. The quantitative estimate of drug-likeness (QED) is 0.548. The smallest absolute Gasteiger partial charge is 0.261 e. The third-order valence-electron chi connectivity index (χ3n) is 5.60. The van der Waals surface area contributed by atoms with Crippen molar-refractivity contribution < 1.29 is 14.3 Å². The number of thiophene rings is 1. The van der Waals surface area contributed by atoms with Crippen molar-refractivity contribution >= 4 is 57.1 Å². The first-order valence-corrected chi connectivity index (χ1v) is 11.5. The van der Waals surface area contributed by atoms with Gasteiger partial charge in [0.15, 0.2) is 5.11 Å². The highest BCUT2D eigenvalue weighted by Gasteiger charge is 2.33. The standard InChI is InChI=1S/C22H26ClN3O3S2/c1-22(2,3)11-5-7-13-16(9-11)31-20(17(13)18(24)27)26-21(30)25-19(28)14-10-12(23)6-8-15(14)29-4/h6,8,10-11H,5,7,9H2,1-4H3,(H2,24,27)(H2,25,26,28,30)/t11-/m1/s1. The van der Waals surface area contributed by atoms with Crippen LogP contribution in [0.5, 0.6) is 5.75 Å². The fourth-order valence-electron chi connectivity index (χ4n) is 3.84. The molecule has 1 aliphatic carbocycles. The van der Waals surface area contributed by atoms with Crippen molar-refractivity contribution in [3.8, 4) is 5.75 Å². The van der Waals surface area contributed by atoms with Gasteiger partial charge in [-0.2, -0.15) is 0 Å². The van der Waals surface area contributed by atoms with Crippen LogP contribution in [0.4, 0.5) is 5.00 Å². The SMILES string of the molecule is COc1ccc(Cl)cc1C(=O)NC(=S)Nc1sc2c(c1C(N)=O)CC[C@@H](C(C)(C)C)C2. The van der Waals surface area contributed by atoms with E-state index in [2.05, 4.69) is 31.4 Å². The van der Waals surface area contributed by atoms with Crippen molar-refractivity contribution in [2.45, 2.75) is 40.0 Å². The number of anilines is 1. The molecule has 0 bridgehead atoms. The van der Waals surface area contributed by atoms with Crippen molar-refractivity contribution in [2.75, 3.05) is 12.4 Å². The fourth-order valence-corrected chi connectivity index (χ4v) is 5.60. The van der Waals surface area contributed by atoms with Gasteiger partial charge in [-0.1, -0.05) is 32.4 Å². The minimum Gasteiger partial charge on any atom is -0.496 e. The Morgan fingerprint density at radius 1 is 1.32 bits per heavy atom. The van der Waals surface area contributed by atoms with Gasteiger partial charge in [-0.15, -0.1) is 11.3 Å². The van der Waals surface area contributed by atoms with E-state index in [1.807, 2.05) is 0 Å². The van der Waals surface area contributed by atoms with Gasteiger partial charge in [0, 0.05) is 9.90 Å². The van der Waals surface area contributed by atoms with Gasteiger partial charge in [-0.25, -0.2) is 0 Å². The Kier molecular flexibility index (Phi) is 6.93. The summed E-state index contributed by atoms with van der Waals surface area (Å²) in [5, 5.41) is 6.66. The number of fused-ring (bicyclic) bond motifs is 1. The third-order valence-corrected chi connectivity index (χ3v) is 7.21. The first kappa shape index (κ1) is 23.5. The van der Waals surface area contributed by atoms with Crippen LogP contribution in [0.1, 0.15) is 58.3 Å². The van der Waals surface area contributed by atoms with Gasteiger partial charge in [-0.3, -0.25) is 14.9 Å². The molecule has 0 fully saturated rings. The number of hydrogen-bond acceptors (Lipinski definition) is 5. The van der Waals surface area contributed by atoms with Crippen LogP contribution < -0.4 is 21.1 Å². The first-order chi connectivity index (χ1) is 14.5. The van der Waals surface area contributed by atoms with E-state index in [0.717, 1.165) is 29.7 Å². The Hall–Kier alpha value is -2.16. The number of methoxy groups -OCH3 is 1. The highest BCUT2D eigenvalue weighted by atomic mass is 35.5. The van der Waals surface area contributed by atoms with Crippen molar-refractivity contribution in [1.29, 1.82) is 0 Å². The molecule has 1 aliphatic rings. The molecule has 0 saturated carbocycles. The van der Waals surface area contributed by atoms with E-state index in [9.17, 15) is 9.59 Å². The number of rotatable bonds is 4. The van der Waals surface area contributed by atoms with Crippen LogP contribution in [-0.2, 0) is 12.8 Å². The number of hydrogen-bond donors (Lipinski definition) is 3. The summed E-state index contributed by atoms with van der Waals surface area (Å²) in [6.07, 6.45) is 2.69. The van der Waals surface area contributed by atoms with Crippen molar-refractivity contribution in [2.24, 2.45) is 17.1 Å². The lowest BCUT2D eigenvalue weighted by atomic mass is 9.72. The molecule has 4 N–H and O–H groups in total. The summed E-state index contributed by atoms with van der Waals surface area (Å²) in [6, 6.07) is 4.75. The van der Waals surface area contributed by atoms with Crippen molar-refractivity contribution in [3.05, 3.63) is 44.8 Å². The highest BCUT2D eigenvalue weighted by Crippen LogP contribution is 2.44. The molecule has 1 atom stereocenters. The summed E-state index contributed by atoms with van der Waals surface area (Å²) in [5.41, 5.74) is 7.59. The van der Waals surface area contributed by atoms with Gasteiger partial charge in [0.05, 0.1) is 18.2 Å². The van der Waals surface area contributed by atoms with E-state index in [0.29, 0.717) is 27.3 Å². The highest BCUT2D eigenvalue weighted by molar-refractivity contribution is 7.80. The lowest BCUT2D eigenvalue weighted by molar-refractivity contribution is 0.0972. The van der Waals surface area contributed by atoms with Gasteiger partial charge in [0.25, 0.3) is 11.8 Å².